The molecule has 0 atom stereocenters. The van der Waals surface area contributed by atoms with Crippen LogP contribution in [-0.2, 0) is 6.42 Å². The highest BCUT2D eigenvalue weighted by Crippen LogP contribution is 2.24. The quantitative estimate of drug-likeness (QED) is 0.508. The Kier molecular flexibility index (Phi) is 6.57. The fourth-order valence-corrected chi connectivity index (χ4v) is 4.05. The number of aromatic nitrogens is 1. The Balaban J connectivity index is 1.46. The molecule has 1 saturated heterocycles. The first-order valence-electron chi connectivity index (χ1n) is 10.5. The maximum atomic E-state index is 13.0. The molecule has 1 aliphatic heterocycles. The molecular weight excluding hydrogens is 412 g/mol. The maximum absolute atomic E-state index is 13.0. The summed E-state index contributed by atoms with van der Waals surface area (Å²) >= 11 is 6.04. The molecule has 1 amide bonds. The summed E-state index contributed by atoms with van der Waals surface area (Å²) in [5, 5.41) is 6.77. The van der Waals surface area contributed by atoms with E-state index in [4.69, 9.17) is 11.6 Å². The molecule has 0 aliphatic carbocycles. The smallest absolute Gasteiger partial charge is 0.263 e. The van der Waals surface area contributed by atoms with Gasteiger partial charge in [0.25, 0.3) is 11.5 Å². The molecule has 31 heavy (non-hydrogen) atoms. The van der Waals surface area contributed by atoms with Gasteiger partial charge in [-0.25, -0.2) is 0 Å². The van der Waals surface area contributed by atoms with Gasteiger partial charge in [-0.2, -0.15) is 0 Å². The van der Waals surface area contributed by atoms with E-state index in [0.29, 0.717) is 29.4 Å². The highest BCUT2D eigenvalue weighted by molar-refractivity contribution is 6.30. The van der Waals surface area contributed by atoms with Crippen LogP contribution in [0, 0.1) is 0 Å². The fourth-order valence-electron chi connectivity index (χ4n) is 3.83. The highest BCUT2D eigenvalue weighted by atomic mass is 35.5. The zero-order valence-electron chi connectivity index (χ0n) is 17.2. The van der Waals surface area contributed by atoms with E-state index in [-0.39, 0.29) is 5.56 Å². The number of pyridine rings is 1. The van der Waals surface area contributed by atoms with Crippen LogP contribution in [0.2, 0.25) is 5.02 Å². The van der Waals surface area contributed by atoms with Gasteiger partial charge in [0.05, 0.1) is 5.69 Å². The summed E-state index contributed by atoms with van der Waals surface area (Å²) in [5.41, 5.74) is 2.97. The molecule has 4 rings (SSSR count). The number of carbonyl (C=O) groups excluding carboxylic acids is 1. The van der Waals surface area contributed by atoms with E-state index >= 15 is 0 Å². The zero-order chi connectivity index (χ0) is 21.6. The van der Waals surface area contributed by atoms with Gasteiger partial charge in [-0.3, -0.25) is 9.59 Å². The second kappa shape index (κ2) is 9.71. The fraction of sp³-hybridized carbons (Fsp3) is 0.250. The lowest BCUT2D eigenvalue weighted by atomic mass is 10.1. The van der Waals surface area contributed by atoms with Gasteiger partial charge >= 0.3 is 0 Å². The van der Waals surface area contributed by atoms with E-state index in [0.717, 1.165) is 24.3 Å². The summed E-state index contributed by atoms with van der Waals surface area (Å²) < 4.78 is 0. The lowest BCUT2D eigenvalue weighted by Gasteiger charge is -2.18. The number of nitrogens with one attached hydrogen (secondary N) is 3. The Bertz CT molecular complexity index is 1120. The monoisotopic (exact) mass is 436 g/mol. The molecule has 6 nitrogen and oxygen atoms in total. The first-order chi connectivity index (χ1) is 15.1. The van der Waals surface area contributed by atoms with Gasteiger partial charge in [-0.15, -0.1) is 0 Å². The minimum atomic E-state index is -0.439. The van der Waals surface area contributed by atoms with Crippen LogP contribution in [0.1, 0.15) is 28.8 Å². The molecule has 1 aliphatic rings. The minimum absolute atomic E-state index is 0.0696. The number of aromatic amines is 1. The first kappa shape index (κ1) is 21.0. The molecule has 0 saturated carbocycles. The third-order valence-electron chi connectivity index (χ3n) is 5.38. The number of hydrogen-bond acceptors (Lipinski definition) is 4. The molecule has 3 aromatic rings. The number of hydrogen-bond donors (Lipinski definition) is 3. The maximum Gasteiger partial charge on any atom is 0.263 e. The van der Waals surface area contributed by atoms with Crippen LogP contribution in [-0.4, -0.2) is 30.5 Å². The largest absolute Gasteiger partial charge is 0.384 e. The number of H-pyrrole nitrogens is 1. The molecule has 0 unspecified atom stereocenters. The van der Waals surface area contributed by atoms with Gasteiger partial charge in [-0.05, 0) is 61.2 Å². The molecule has 2 aromatic carbocycles. The van der Waals surface area contributed by atoms with Crippen LogP contribution >= 0.6 is 11.6 Å². The number of benzene rings is 2. The molecule has 0 radical (unpaired) electrons. The SMILES string of the molecule is O=C(Nc1cccc(N2CCCC2)c1)c1c(NCCc2cccc(Cl)c2)cc[nH]c1=O. The van der Waals surface area contributed by atoms with Crippen LogP contribution < -0.4 is 21.1 Å². The first-order valence-corrected chi connectivity index (χ1v) is 10.8. The lowest BCUT2D eigenvalue weighted by molar-refractivity contribution is 0.102. The molecule has 0 bridgehead atoms. The van der Waals surface area contributed by atoms with Crippen molar-refractivity contribution in [2.45, 2.75) is 19.3 Å². The Morgan fingerprint density at radius 2 is 1.87 bits per heavy atom. The van der Waals surface area contributed by atoms with E-state index in [1.54, 1.807) is 6.07 Å². The van der Waals surface area contributed by atoms with Gasteiger partial charge < -0.3 is 20.5 Å². The summed E-state index contributed by atoms with van der Waals surface area (Å²) in [7, 11) is 0. The van der Waals surface area contributed by atoms with Crippen molar-refractivity contribution in [1.29, 1.82) is 0 Å². The molecule has 2 heterocycles. The summed E-state index contributed by atoms with van der Waals surface area (Å²) in [6.45, 7) is 2.61. The molecule has 7 heteroatoms. The van der Waals surface area contributed by atoms with Crippen molar-refractivity contribution in [2.75, 3.05) is 35.2 Å². The standard InChI is InChI=1S/C24H25ClN4O2/c25-18-6-3-5-17(15-18)9-11-26-21-10-12-27-23(30)22(21)24(31)28-19-7-4-8-20(16-19)29-13-1-2-14-29/h3-8,10,12,15-16H,1-2,9,11,13-14H2,(H,28,31)(H2,26,27,30). The van der Waals surface area contributed by atoms with Crippen LogP contribution in [0.25, 0.3) is 0 Å². The topological polar surface area (TPSA) is 77.2 Å². The van der Waals surface area contributed by atoms with Gasteiger partial charge in [-0.1, -0.05) is 29.8 Å². The minimum Gasteiger partial charge on any atom is -0.384 e. The van der Waals surface area contributed by atoms with E-state index in [2.05, 4.69) is 20.5 Å². The van der Waals surface area contributed by atoms with Gasteiger partial charge in [0.1, 0.15) is 5.56 Å². The van der Waals surface area contributed by atoms with Crippen molar-refractivity contribution >= 4 is 34.6 Å². The predicted molar refractivity (Wildman–Crippen MR) is 127 cm³/mol. The molecular formula is C24H25ClN4O2. The van der Waals surface area contributed by atoms with E-state index < -0.39 is 11.5 Å². The number of halogens is 1. The van der Waals surface area contributed by atoms with Crippen LogP contribution in [0.4, 0.5) is 17.1 Å². The van der Waals surface area contributed by atoms with Crippen molar-refractivity contribution in [2.24, 2.45) is 0 Å². The van der Waals surface area contributed by atoms with Crippen molar-refractivity contribution in [3.05, 3.63) is 87.3 Å². The van der Waals surface area contributed by atoms with Crippen LogP contribution in [0.3, 0.4) is 0 Å². The Hall–Kier alpha value is -3.25. The number of anilines is 3. The number of rotatable bonds is 7. The van der Waals surface area contributed by atoms with E-state index in [1.165, 1.54) is 19.0 Å². The average molecular weight is 437 g/mol. The van der Waals surface area contributed by atoms with Crippen molar-refractivity contribution in [3.63, 3.8) is 0 Å². The van der Waals surface area contributed by atoms with E-state index in [1.807, 2.05) is 48.5 Å². The van der Waals surface area contributed by atoms with Gasteiger partial charge in [0, 0.05) is 42.2 Å². The third-order valence-corrected chi connectivity index (χ3v) is 5.62. The number of carbonyl (C=O) groups is 1. The van der Waals surface area contributed by atoms with Crippen molar-refractivity contribution in [3.8, 4) is 0 Å². The Morgan fingerprint density at radius 3 is 2.68 bits per heavy atom. The summed E-state index contributed by atoms with van der Waals surface area (Å²) in [4.78, 5) is 30.3. The molecule has 0 spiro atoms. The molecule has 3 N–H and O–H groups in total. The molecule has 1 fully saturated rings. The van der Waals surface area contributed by atoms with Gasteiger partial charge in [0.2, 0.25) is 0 Å². The molecule has 160 valence electrons. The number of nitrogens with zero attached hydrogens (tertiary/aromatic N) is 1. The highest BCUT2D eigenvalue weighted by Gasteiger charge is 2.17. The normalized spacial score (nSPS) is 13.3. The van der Waals surface area contributed by atoms with Crippen LogP contribution in [0.15, 0.2) is 65.6 Å². The molecule has 1 aromatic heterocycles. The second-order valence-corrected chi connectivity index (χ2v) is 8.04. The Morgan fingerprint density at radius 1 is 1.06 bits per heavy atom. The predicted octanol–water partition coefficient (Wildman–Crippen LogP) is 4.54. The second-order valence-electron chi connectivity index (χ2n) is 7.60. The van der Waals surface area contributed by atoms with E-state index in [9.17, 15) is 9.59 Å². The zero-order valence-corrected chi connectivity index (χ0v) is 17.9. The number of amides is 1. The summed E-state index contributed by atoms with van der Waals surface area (Å²) in [6, 6.07) is 17.1. The summed E-state index contributed by atoms with van der Waals surface area (Å²) in [5.74, 6) is -0.439. The van der Waals surface area contributed by atoms with Gasteiger partial charge in [0.15, 0.2) is 0 Å². The Labute approximate surface area is 186 Å². The average Bonchev–Trinajstić information content (AvgIpc) is 3.29. The third kappa shape index (κ3) is 5.27. The van der Waals surface area contributed by atoms with Crippen molar-refractivity contribution in [1.82, 2.24) is 4.98 Å². The lowest BCUT2D eigenvalue weighted by Crippen LogP contribution is -2.25. The van der Waals surface area contributed by atoms with Crippen LogP contribution in [0.5, 0.6) is 0 Å². The summed E-state index contributed by atoms with van der Waals surface area (Å²) in [6.07, 6.45) is 4.61. The van der Waals surface area contributed by atoms with Crippen molar-refractivity contribution < 1.29 is 4.79 Å².